The maximum atomic E-state index is 12.5. The fourth-order valence-corrected chi connectivity index (χ4v) is 3.93. The highest BCUT2D eigenvalue weighted by Crippen LogP contribution is 2.25. The van der Waals surface area contributed by atoms with E-state index in [1.165, 1.54) is 22.6 Å². The van der Waals surface area contributed by atoms with Gasteiger partial charge in [0.15, 0.2) is 0 Å². The standard InChI is InChI=1S/C12H20N4O3S/c13-15-12-4-3-11(8-14-12)20(18,19)16-6-1-2-10(9-16)5-7-17/h3-4,8,10,17H,1-2,5-7,9,13H2,(H,14,15). The average Bonchev–Trinajstić information content (AvgIpc) is 2.48. The first-order chi connectivity index (χ1) is 9.57. The van der Waals surface area contributed by atoms with Gasteiger partial charge in [-0.1, -0.05) is 0 Å². The highest BCUT2D eigenvalue weighted by molar-refractivity contribution is 7.89. The number of hydrogen-bond donors (Lipinski definition) is 3. The molecule has 0 radical (unpaired) electrons. The van der Waals surface area contributed by atoms with E-state index >= 15 is 0 Å². The van der Waals surface area contributed by atoms with E-state index in [4.69, 9.17) is 10.9 Å². The van der Waals surface area contributed by atoms with E-state index in [-0.39, 0.29) is 17.4 Å². The van der Waals surface area contributed by atoms with Gasteiger partial charge in [0, 0.05) is 25.9 Å². The van der Waals surface area contributed by atoms with Crippen LogP contribution in [0.1, 0.15) is 19.3 Å². The first-order valence-electron chi connectivity index (χ1n) is 6.61. The monoisotopic (exact) mass is 300 g/mol. The zero-order valence-corrected chi connectivity index (χ0v) is 12.0. The lowest BCUT2D eigenvalue weighted by atomic mass is 9.97. The summed E-state index contributed by atoms with van der Waals surface area (Å²) in [5, 5.41) is 8.99. The van der Waals surface area contributed by atoms with Crippen molar-refractivity contribution in [2.24, 2.45) is 11.8 Å². The number of rotatable bonds is 5. The number of nitrogens with zero attached hydrogens (tertiary/aromatic N) is 2. The molecule has 0 amide bonds. The second-order valence-electron chi connectivity index (χ2n) is 4.91. The molecule has 2 rings (SSSR count). The Kier molecular flexibility index (Phi) is 4.92. The Balaban J connectivity index is 2.16. The minimum atomic E-state index is -3.52. The van der Waals surface area contributed by atoms with Crippen molar-refractivity contribution in [2.45, 2.75) is 24.2 Å². The number of anilines is 1. The van der Waals surface area contributed by atoms with Crippen LogP contribution in [-0.4, -0.2) is 42.5 Å². The number of nitrogens with one attached hydrogen (secondary N) is 1. The highest BCUT2D eigenvalue weighted by atomic mass is 32.2. The Bertz CT molecular complexity index is 530. The predicted molar refractivity (Wildman–Crippen MR) is 75.2 cm³/mol. The number of aromatic nitrogens is 1. The zero-order valence-electron chi connectivity index (χ0n) is 11.2. The summed E-state index contributed by atoms with van der Waals surface area (Å²) in [6, 6.07) is 3.02. The minimum Gasteiger partial charge on any atom is -0.396 e. The first kappa shape index (κ1) is 15.2. The van der Waals surface area contributed by atoms with Crippen LogP contribution in [0.15, 0.2) is 23.2 Å². The summed E-state index contributed by atoms with van der Waals surface area (Å²) in [5.41, 5.74) is 2.36. The molecule has 7 nitrogen and oxygen atoms in total. The maximum absolute atomic E-state index is 12.5. The van der Waals surface area contributed by atoms with Gasteiger partial charge >= 0.3 is 0 Å². The number of nitrogens with two attached hydrogens (primary N) is 1. The molecule has 1 atom stereocenters. The fraction of sp³-hybridized carbons (Fsp3) is 0.583. The average molecular weight is 300 g/mol. The molecule has 112 valence electrons. The number of pyridine rings is 1. The van der Waals surface area contributed by atoms with Gasteiger partial charge in [-0.2, -0.15) is 4.31 Å². The number of aliphatic hydroxyl groups excluding tert-OH is 1. The van der Waals surface area contributed by atoms with Crippen molar-refractivity contribution < 1.29 is 13.5 Å². The van der Waals surface area contributed by atoms with E-state index in [1.807, 2.05) is 0 Å². The Morgan fingerprint density at radius 1 is 1.50 bits per heavy atom. The number of hydrazine groups is 1. The van der Waals surface area contributed by atoms with Crippen molar-refractivity contribution in [3.05, 3.63) is 18.3 Å². The Labute approximate surface area is 118 Å². The zero-order chi connectivity index (χ0) is 14.6. The molecular formula is C12H20N4O3S. The van der Waals surface area contributed by atoms with E-state index in [2.05, 4.69) is 10.4 Å². The van der Waals surface area contributed by atoms with Crippen molar-refractivity contribution in [3.8, 4) is 0 Å². The summed E-state index contributed by atoms with van der Waals surface area (Å²) in [7, 11) is -3.52. The van der Waals surface area contributed by atoms with Crippen molar-refractivity contribution in [1.29, 1.82) is 0 Å². The van der Waals surface area contributed by atoms with Crippen LogP contribution in [0.3, 0.4) is 0 Å². The molecule has 1 aliphatic heterocycles. The van der Waals surface area contributed by atoms with E-state index in [0.29, 0.717) is 25.3 Å². The van der Waals surface area contributed by atoms with Gasteiger partial charge in [0.25, 0.3) is 0 Å². The third-order valence-electron chi connectivity index (χ3n) is 3.54. The Morgan fingerprint density at radius 2 is 2.30 bits per heavy atom. The molecular weight excluding hydrogens is 280 g/mol. The molecule has 1 fully saturated rings. The van der Waals surface area contributed by atoms with E-state index in [0.717, 1.165) is 12.8 Å². The SMILES string of the molecule is NNc1ccc(S(=O)(=O)N2CCCC(CCO)C2)cn1. The van der Waals surface area contributed by atoms with Crippen LogP contribution in [0, 0.1) is 5.92 Å². The van der Waals surface area contributed by atoms with Crippen LogP contribution in [0.25, 0.3) is 0 Å². The lowest BCUT2D eigenvalue weighted by Gasteiger charge is -2.31. The molecule has 0 saturated carbocycles. The van der Waals surface area contributed by atoms with E-state index in [1.54, 1.807) is 0 Å². The fourth-order valence-electron chi connectivity index (χ4n) is 2.43. The smallest absolute Gasteiger partial charge is 0.244 e. The molecule has 1 aromatic rings. The van der Waals surface area contributed by atoms with Gasteiger partial charge in [0.05, 0.1) is 0 Å². The van der Waals surface area contributed by atoms with Crippen LogP contribution >= 0.6 is 0 Å². The molecule has 1 saturated heterocycles. The molecule has 4 N–H and O–H groups in total. The van der Waals surface area contributed by atoms with Crippen molar-refractivity contribution in [2.75, 3.05) is 25.1 Å². The summed E-state index contributed by atoms with van der Waals surface area (Å²) in [6.45, 7) is 1.07. The summed E-state index contributed by atoms with van der Waals surface area (Å²) in [6.07, 6.45) is 3.72. The number of aliphatic hydroxyl groups is 1. The van der Waals surface area contributed by atoms with Gasteiger partial charge in [0.2, 0.25) is 10.0 Å². The molecule has 1 unspecified atom stereocenters. The molecule has 0 aliphatic carbocycles. The van der Waals surface area contributed by atoms with Gasteiger partial charge in [-0.3, -0.25) is 0 Å². The van der Waals surface area contributed by atoms with Crippen LogP contribution in [0.4, 0.5) is 5.82 Å². The summed E-state index contributed by atoms with van der Waals surface area (Å²) >= 11 is 0. The molecule has 0 aromatic carbocycles. The molecule has 20 heavy (non-hydrogen) atoms. The van der Waals surface area contributed by atoms with Crippen molar-refractivity contribution >= 4 is 15.8 Å². The Morgan fingerprint density at radius 3 is 2.90 bits per heavy atom. The number of hydrogen-bond acceptors (Lipinski definition) is 6. The number of nitrogen functional groups attached to an aromatic ring is 1. The minimum absolute atomic E-state index is 0.0942. The molecule has 1 aliphatic rings. The molecule has 2 heterocycles. The van der Waals surface area contributed by atoms with Crippen LogP contribution in [0.5, 0.6) is 0 Å². The van der Waals surface area contributed by atoms with Gasteiger partial charge < -0.3 is 10.5 Å². The first-order valence-corrected chi connectivity index (χ1v) is 8.05. The van der Waals surface area contributed by atoms with Gasteiger partial charge in [0.1, 0.15) is 10.7 Å². The lowest BCUT2D eigenvalue weighted by molar-refractivity contribution is 0.203. The molecule has 0 bridgehead atoms. The van der Waals surface area contributed by atoms with Crippen LogP contribution in [0.2, 0.25) is 0 Å². The summed E-state index contributed by atoms with van der Waals surface area (Å²) in [5.74, 6) is 5.85. The van der Waals surface area contributed by atoms with E-state index < -0.39 is 10.0 Å². The second-order valence-corrected chi connectivity index (χ2v) is 6.85. The Hall–Kier alpha value is -1.22. The quantitative estimate of drug-likeness (QED) is 0.527. The number of sulfonamides is 1. The topological polar surface area (TPSA) is 109 Å². The number of piperidine rings is 1. The summed E-state index contributed by atoms with van der Waals surface area (Å²) < 4.78 is 26.5. The highest BCUT2D eigenvalue weighted by Gasteiger charge is 2.30. The van der Waals surface area contributed by atoms with Crippen LogP contribution < -0.4 is 11.3 Å². The largest absolute Gasteiger partial charge is 0.396 e. The summed E-state index contributed by atoms with van der Waals surface area (Å²) in [4.78, 5) is 4.10. The van der Waals surface area contributed by atoms with Gasteiger partial charge in [-0.05, 0) is 37.3 Å². The normalized spacial score (nSPS) is 20.8. The third-order valence-corrected chi connectivity index (χ3v) is 5.39. The van der Waals surface area contributed by atoms with Crippen molar-refractivity contribution in [1.82, 2.24) is 9.29 Å². The second kappa shape index (κ2) is 6.49. The van der Waals surface area contributed by atoms with Gasteiger partial charge in [-0.15, -0.1) is 0 Å². The molecule has 1 aromatic heterocycles. The third kappa shape index (κ3) is 3.26. The lowest BCUT2D eigenvalue weighted by Crippen LogP contribution is -2.40. The predicted octanol–water partition coefficient (Wildman–Crippen LogP) is 0.150. The van der Waals surface area contributed by atoms with Crippen molar-refractivity contribution in [3.63, 3.8) is 0 Å². The maximum Gasteiger partial charge on any atom is 0.244 e. The van der Waals surface area contributed by atoms with Crippen LogP contribution in [-0.2, 0) is 10.0 Å². The molecule has 8 heteroatoms. The van der Waals surface area contributed by atoms with Gasteiger partial charge in [-0.25, -0.2) is 19.2 Å². The van der Waals surface area contributed by atoms with E-state index in [9.17, 15) is 8.42 Å². The molecule has 0 spiro atoms.